The van der Waals surface area contributed by atoms with E-state index in [1.807, 2.05) is 24.3 Å². The number of rotatable bonds is 5. The van der Waals surface area contributed by atoms with Gasteiger partial charge in [-0.15, -0.1) is 24.0 Å². The molecule has 3 N–H and O–H groups in total. The number of nitrogens with one attached hydrogen (secondary N) is 2. The second kappa shape index (κ2) is 9.56. The number of halogens is 1. The minimum absolute atomic E-state index is 0. The van der Waals surface area contributed by atoms with Gasteiger partial charge in [0.1, 0.15) is 0 Å². The summed E-state index contributed by atoms with van der Waals surface area (Å²) in [5, 5.41) is 16.7. The van der Waals surface area contributed by atoms with Crippen LogP contribution in [-0.2, 0) is 11.3 Å². The fraction of sp³-hybridized carbons (Fsp3) is 0.667. The molecule has 1 saturated carbocycles. The maximum absolute atomic E-state index is 9.62. The summed E-state index contributed by atoms with van der Waals surface area (Å²) in [6, 6.07) is 8.40. The largest absolute Gasteiger partial charge is 0.389 e. The van der Waals surface area contributed by atoms with E-state index < -0.39 is 6.10 Å². The molecule has 3 rings (SSSR count). The van der Waals surface area contributed by atoms with Crippen LogP contribution in [0.2, 0.25) is 0 Å². The second-order valence-electron chi connectivity index (χ2n) is 8.15. The van der Waals surface area contributed by atoms with Crippen LogP contribution >= 0.6 is 24.0 Å². The molecule has 1 aliphatic carbocycles. The van der Waals surface area contributed by atoms with Crippen LogP contribution in [0, 0.1) is 11.3 Å². The Morgan fingerprint density at radius 2 is 2.04 bits per heavy atom. The zero-order valence-corrected chi connectivity index (χ0v) is 19.2. The first-order valence-electron chi connectivity index (χ1n) is 9.86. The van der Waals surface area contributed by atoms with E-state index in [1.54, 1.807) is 6.92 Å². The first kappa shape index (κ1) is 22.4. The molecule has 6 heteroatoms. The molecule has 0 amide bonds. The summed E-state index contributed by atoms with van der Waals surface area (Å²) in [5.74, 6) is 1.45. The fourth-order valence-electron chi connectivity index (χ4n) is 4.35. The highest BCUT2D eigenvalue weighted by molar-refractivity contribution is 14.0. The number of nitrogens with zero attached hydrogens (tertiary/aromatic N) is 1. The van der Waals surface area contributed by atoms with E-state index in [9.17, 15) is 5.11 Å². The minimum Gasteiger partial charge on any atom is -0.389 e. The summed E-state index contributed by atoms with van der Waals surface area (Å²) >= 11 is 0. The smallest absolute Gasteiger partial charge is 0.191 e. The van der Waals surface area contributed by atoms with Crippen molar-refractivity contribution in [3.8, 4) is 0 Å². The Hall–Kier alpha value is -0.860. The normalized spacial score (nSPS) is 27.6. The Kier molecular flexibility index (Phi) is 7.94. The van der Waals surface area contributed by atoms with Gasteiger partial charge in [0.25, 0.3) is 0 Å². The Labute approximate surface area is 180 Å². The zero-order valence-electron chi connectivity index (χ0n) is 16.9. The lowest BCUT2D eigenvalue weighted by Crippen LogP contribution is -2.71. The van der Waals surface area contributed by atoms with Crippen molar-refractivity contribution in [3.63, 3.8) is 0 Å². The first-order chi connectivity index (χ1) is 12.4. The van der Waals surface area contributed by atoms with E-state index in [4.69, 9.17) is 9.73 Å². The van der Waals surface area contributed by atoms with Gasteiger partial charge >= 0.3 is 0 Å². The van der Waals surface area contributed by atoms with Crippen molar-refractivity contribution in [1.82, 2.24) is 10.6 Å². The molecule has 0 radical (unpaired) electrons. The van der Waals surface area contributed by atoms with Gasteiger partial charge in [0.15, 0.2) is 5.96 Å². The van der Waals surface area contributed by atoms with Gasteiger partial charge in [-0.25, -0.2) is 4.99 Å². The van der Waals surface area contributed by atoms with Crippen LogP contribution in [0.4, 0.5) is 0 Å². The van der Waals surface area contributed by atoms with Crippen LogP contribution in [0.15, 0.2) is 29.3 Å². The molecular weight excluding hydrogens is 453 g/mol. The molecule has 5 nitrogen and oxygen atoms in total. The highest BCUT2D eigenvalue weighted by Crippen LogP contribution is 2.51. The van der Waals surface area contributed by atoms with Crippen molar-refractivity contribution in [3.05, 3.63) is 35.4 Å². The maximum atomic E-state index is 9.62. The monoisotopic (exact) mass is 487 g/mol. The van der Waals surface area contributed by atoms with Gasteiger partial charge in [-0.2, -0.15) is 0 Å². The molecule has 4 unspecified atom stereocenters. The van der Waals surface area contributed by atoms with Crippen LogP contribution in [0.5, 0.6) is 0 Å². The van der Waals surface area contributed by atoms with Crippen molar-refractivity contribution in [2.75, 3.05) is 13.2 Å². The number of fused-ring (bicyclic) bond motifs is 1. The average molecular weight is 487 g/mol. The molecule has 27 heavy (non-hydrogen) atoms. The summed E-state index contributed by atoms with van der Waals surface area (Å²) < 4.78 is 6.00. The van der Waals surface area contributed by atoms with Crippen LogP contribution in [0.3, 0.4) is 0 Å². The summed E-state index contributed by atoms with van der Waals surface area (Å²) in [4.78, 5) is 4.77. The highest BCUT2D eigenvalue weighted by Gasteiger charge is 2.58. The van der Waals surface area contributed by atoms with Gasteiger partial charge in [-0.05, 0) is 37.8 Å². The van der Waals surface area contributed by atoms with E-state index in [0.29, 0.717) is 24.6 Å². The van der Waals surface area contributed by atoms with E-state index in [0.717, 1.165) is 36.7 Å². The Morgan fingerprint density at radius 3 is 2.67 bits per heavy atom. The van der Waals surface area contributed by atoms with Gasteiger partial charge < -0.3 is 20.5 Å². The Morgan fingerprint density at radius 1 is 1.33 bits per heavy atom. The molecule has 2 fully saturated rings. The molecule has 1 aromatic carbocycles. The van der Waals surface area contributed by atoms with Gasteiger partial charge in [0.2, 0.25) is 0 Å². The number of hydrogen-bond donors (Lipinski definition) is 3. The van der Waals surface area contributed by atoms with E-state index in [1.165, 1.54) is 6.42 Å². The third-order valence-corrected chi connectivity index (χ3v) is 5.85. The second-order valence-corrected chi connectivity index (χ2v) is 8.15. The topological polar surface area (TPSA) is 65.9 Å². The number of aliphatic hydroxyl groups excluding tert-OH is 1. The molecule has 1 aromatic rings. The molecule has 152 valence electrons. The third kappa shape index (κ3) is 4.95. The number of hydrogen-bond acceptors (Lipinski definition) is 3. The van der Waals surface area contributed by atoms with Gasteiger partial charge in [-0.3, -0.25) is 0 Å². The van der Waals surface area contributed by atoms with E-state index in [-0.39, 0.29) is 29.4 Å². The van der Waals surface area contributed by atoms with Crippen LogP contribution in [0.1, 0.15) is 57.8 Å². The van der Waals surface area contributed by atoms with Crippen molar-refractivity contribution < 1.29 is 9.84 Å². The number of ether oxygens (including phenoxy) is 1. The van der Waals surface area contributed by atoms with E-state index in [2.05, 4.69) is 31.4 Å². The molecule has 1 saturated heterocycles. The van der Waals surface area contributed by atoms with Crippen LogP contribution < -0.4 is 10.6 Å². The predicted molar refractivity (Wildman–Crippen MR) is 120 cm³/mol. The predicted octanol–water partition coefficient (Wildman–Crippen LogP) is 3.62. The standard InChI is InChI=1S/C21H33N3O2.HI/c1-5-22-20(23-13-15-8-10-16(11-9-15)14(2)25)24-18-17-7-6-12-26-19(17)21(18,3)4;/h8-11,14,17-19,25H,5-7,12-13H2,1-4H3,(H2,22,23,24);1H. The Balaban J connectivity index is 0.00000261. The molecule has 2 aliphatic rings. The quantitative estimate of drug-likeness (QED) is 0.337. The molecule has 0 spiro atoms. The zero-order chi connectivity index (χ0) is 18.7. The average Bonchev–Trinajstić information content (AvgIpc) is 2.64. The van der Waals surface area contributed by atoms with Crippen molar-refractivity contribution in [1.29, 1.82) is 0 Å². The Bertz CT molecular complexity index is 631. The van der Waals surface area contributed by atoms with Crippen molar-refractivity contribution in [2.24, 2.45) is 16.3 Å². The molecule has 4 atom stereocenters. The molecule has 1 aliphatic heterocycles. The molecule has 0 aromatic heterocycles. The first-order valence-corrected chi connectivity index (χ1v) is 9.86. The summed E-state index contributed by atoms with van der Waals surface area (Å²) in [6.45, 7) is 10.8. The molecule has 1 heterocycles. The van der Waals surface area contributed by atoms with Crippen molar-refractivity contribution in [2.45, 2.75) is 65.3 Å². The highest BCUT2D eigenvalue weighted by atomic mass is 127. The SMILES string of the molecule is CCNC(=NCc1ccc(C(C)O)cc1)NC1C2CCCOC2C1(C)C.I. The number of aliphatic hydroxyl groups is 1. The summed E-state index contributed by atoms with van der Waals surface area (Å²) in [5.41, 5.74) is 2.20. The number of benzene rings is 1. The minimum atomic E-state index is -0.432. The fourth-order valence-corrected chi connectivity index (χ4v) is 4.35. The lowest BCUT2D eigenvalue weighted by atomic mass is 9.55. The third-order valence-electron chi connectivity index (χ3n) is 5.85. The maximum Gasteiger partial charge on any atom is 0.191 e. The van der Waals surface area contributed by atoms with Gasteiger partial charge in [0.05, 0.1) is 18.8 Å². The van der Waals surface area contributed by atoms with Crippen LogP contribution in [-0.4, -0.2) is 36.4 Å². The summed E-state index contributed by atoms with van der Waals surface area (Å²) in [6.07, 6.45) is 2.31. The lowest BCUT2D eigenvalue weighted by molar-refractivity contribution is -0.188. The summed E-state index contributed by atoms with van der Waals surface area (Å²) in [7, 11) is 0. The van der Waals surface area contributed by atoms with Gasteiger partial charge in [-0.1, -0.05) is 38.1 Å². The molecular formula is C21H34IN3O2. The van der Waals surface area contributed by atoms with E-state index >= 15 is 0 Å². The lowest BCUT2D eigenvalue weighted by Gasteiger charge is -2.60. The number of aliphatic imine (C=N–C) groups is 1. The van der Waals surface area contributed by atoms with Gasteiger partial charge in [0, 0.05) is 30.5 Å². The molecule has 0 bridgehead atoms. The van der Waals surface area contributed by atoms with Crippen LogP contribution in [0.25, 0.3) is 0 Å². The van der Waals surface area contributed by atoms with Crippen molar-refractivity contribution >= 4 is 29.9 Å². The number of guanidine groups is 1.